The molecule has 1 aliphatic heterocycles. The molecule has 0 fully saturated rings. The highest BCUT2D eigenvalue weighted by atomic mass is 35.5. The molecule has 3 aromatic rings. The zero-order chi connectivity index (χ0) is 21.6. The van der Waals surface area contributed by atoms with Crippen LogP contribution in [0.1, 0.15) is 30.8 Å². The maximum Gasteiger partial charge on any atom is 0.432 e. The van der Waals surface area contributed by atoms with E-state index >= 15 is 0 Å². The summed E-state index contributed by atoms with van der Waals surface area (Å²) in [6.07, 6.45) is -2.85. The zero-order valence-corrected chi connectivity index (χ0v) is 17.1. The lowest BCUT2D eigenvalue weighted by atomic mass is 10.2. The smallest absolute Gasteiger partial charge is 0.398 e. The monoisotopic (exact) mass is 440 g/mol. The molecule has 0 saturated heterocycles. The van der Waals surface area contributed by atoms with Crippen molar-refractivity contribution in [3.63, 3.8) is 0 Å². The molecule has 3 heterocycles. The van der Waals surface area contributed by atoms with Gasteiger partial charge in [0.1, 0.15) is 5.70 Å². The summed E-state index contributed by atoms with van der Waals surface area (Å²) in [5.74, 6) is 0.126. The fourth-order valence-electron chi connectivity index (χ4n) is 3.70. The van der Waals surface area contributed by atoms with Crippen LogP contribution < -0.4 is 11.2 Å². The van der Waals surface area contributed by atoms with Crippen LogP contribution in [0.5, 0.6) is 0 Å². The van der Waals surface area contributed by atoms with Crippen LogP contribution in [0.3, 0.4) is 0 Å². The maximum absolute atomic E-state index is 13.4. The van der Waals surface area contributed by atoms with Crippen molar-refractivity contribution in [1.82, 2.24) is 25.1 Å². The van der Waals surface area contributed by atoms with Gasteiger partial charge in [0.15, 0.2) is 5.82 Å². The van der Waals surface area contributed by atoms with Crippen molar-refractivity contribution in [3.05, 3.63) is 46.3 Å². The van der Waals surface area contributed by atoms with E-state index < -0.39 is 11.9 Å². The Morgan fingerprint density at radius 2 is 2.10 bits per heavy atom. The summed E-state index contributed by atoms with van der Waals surface area (Å²) in [4.78, 5) is 4.23. The fraction of sp³-hybridized carbons (Fsp3) is 0.368. The Bertz CT molecular complexity index is 1130. The number of nitrogens with one attached hydrogen (secondary N) is 1. The van der Waals surface area contributed by atoms with Crippen molar-refractivity contribution in [3.8, 4) is 0 Å². The first-order valence-electron chi connectivity index (χ1n) is 9.37. The summed E-state index contributed by atoms with van der Waals surface area (Å²) >= 11 is 6.36. The van der Waals surface area contributed by atoms with Gasteiger partial charge < -0.3 is 19.8 Å². The number of nitrogens with zero attached hydrogens (tertiary/aromatic N) is 4. The largest absolute Gasteiger partial charge is 0.432 e. The number of nitrogens with two attached hydrogens (primary N) is 1. The molecular weight excluding hydrogens is 421 g/mol. The number of nitrogen functional groups attached to an aromatic ring is 1. The maximum atomic E-state index is 13.4. The predicted octanol–water partition coefficient (Wildman–Crippen LogP) is 3.98. The molecule has 7 nitrogen and oxygen atoms in total. The van der Waals surface area contributed by atoms with Crippen LogP contribution in [0.4, 0.5) is 18.9 Å². The van der Waals surface area contributed by atoms with E-state index in [0.29, 0.717) is 10.7 Å². The third kappa shape index (κ3) is 3.50. The average molecular weight is 441 g/mol. The van der Waals surface area contributed by atoms with Gasteiger partial charge in [0.25, 0.3) is 5.89 Å². The number of hydrogen-bond acceptors (Lipinski definition) is 6. The molecule has 160 valence electrons. The second-order valence-corrected chi connectivity index (χ2v) is 7.49. The lowest BCUT2D eigenvalue weighted by Gasteiger charge is -2.18. The van der Waals surface area contributed by atoms with Gasteiger partial charge in [0, 0.05) is 24.7 Å². The number of aryl methyl sites for hydroxylation is 1. The molecule has 3 N–H and O–H groups in total. The van der Waals surface area contributed by atoms with E-state index in [1.54, 1.807) is 6.07 Å². The number of anilines is 1. The minimum atomic E-state index is -4.54. The van der Waals surface area contributed by atoms with E-state index in [1.165, 1.54) is 7.05 Å². The quantitative estimate of drug-likeness (QED) is 0.584. The van der Waals surface area contributed by atoms with Gasteiger partial charge >= 0.3 is 6.18 Å². The van der Waals surface area contributed by atoms with Crippen LogP contribution in [0, 0.1) is 0 Å². The number of fused-ring (bicyclic) bond motifs is 1. The normalized spacial score (nSPS) is 15.1. The Hall–Kier alpha value is -2.72. The lowest BCUT2D eigenvalue weighted by molar-refractivity contribution is -0.109. The van der Waals surface area contributed by atoms with Gasteiger partial charge in [-0.15, -0.1) is 0 Å². The van der Waals surface area contributed by atoms with Crippen LogP contribution >= 0.6 is 11.6 Å². The van der Waals surface area contributed by atoms with Crippen LogP contribution in [0.25, 0.3) is 16.5 Å². The average Bonchev–Trinajstić information content (AvgIpc) is 3.37. The number of rotatable bonds is 5. The van der Waals surface area contributed by atoms with Crippen LogP contribution in [0.2, 0.25) is 5.02 Å². The number of hydrazine groups is 1. The molecule has 0 aliphatic carbocycles. The first-order valence-corrected chi connectivity index (χ1v) is 9.75. The molecular formula is C19H20ClF3N6O. The second kappa shape index (κ2) is 7.51. The molecule has 0 atom stereocenters. The van der Waals surface area contributed by atoms with Crippen molar-refractivity contribution in [2.45, 2.75) is 32.5 Å². The molecule has 0 saturated carbocycles. The molecule has 0 amide bonds. The van der Waals surface area contributed by atoms with Crippen LogP contribution in [0.15, 0.2) is 28.4 Å². The Kier molecular flexibility index (Phi) is 5.15. The zero-order valence-electron chi connectivity index (χ0n) is 16.3. The predicted molar refractivity (Wildman–Crippen MR) is 107 cm³/mol. The first-order chi connectivity index (χ1) is 14.2. The molecule has 0 bridgehead atoms. The Morgan fingerprint density at radius 1 is 1.33 bits per heavy atom. The summed E-state index contributed by atoms with van der Waals surface area (Å²) in [6.45, 7) is 2.25. The van der Waals surface area contributed by atoms with Crippen LogP contribution in [-0.4, -0.2) is 39.5 Å². The number of halogens is 4. The number of hydrogen-bond donors (Lipinski definition) is 2. The molecule has 11 heteroatoms. The van der Waals surface area contributed by atoms with E-state index in [0.717, 1.165) is 34.4 Å². The van der Waals surface area contributed by atoms with Gasteiger partial charge in [-0.2, -0.15) is 18.2 Å². The van der Waals surface area contributed by atoms with E-state index in [-0.39, 0.29) is 30.4 Å². The molecule has 30 heavy (non-hydrogen) atoms. The van der Waals surface area contributed by atoms with Gasteiger partial charge in [0.2, 0.25) is 0 Å². The summed E-state index contributed by atoms with van der Waals surface area (Å²) in [7, 11) is 1.30. The summed E-state index contributed by atoms with van der Waals surface area (Å²) < 4.78 is 47.3. The summed E-state index contributed by atoms with van der Waals surface area (Å²) in [5.41, 5.74) is 9.96. The van der Waals surface area contributed by atoms with E-state index in [1.807, 2.05) is 16.7 Å². The van der Waals surface area contributed by atoms with Gasteiger partial charge in [-0.1, -0.05) is 30.1 Å². The number of aromatic nitrogens is 3. The fourth-order valence-corrected chi connectivity index (χ4v) is 3.92. The minimum Gasteiger partial charge on any atom is -0.398 e. The Labute approximate surface area is 175 Å². The van der Waals surface area contributed by atoms with E-state index in [2.05, 4.69) is 22.5 Å². The van der Waals surface area contributed by atoms with Gasteiger partial charge in [-0.05, 0) is 24.6 Å². The molecule has 0 radical (unpaired) electrons. The second-order valence-electron chi connectivity index (χ2n) is 7.11. The highest BCUT2D eigenvalue weighted by molar-refractivity contribution is 6.38. The van der Waals surface area contributed by atoms with E-state index in [4.69, 9.17) is 21.9 Å². The SMILES string of the molecule is CCCc1cc2c(Cl)c(N)ccc2n1Cc1noc(C2=C(C(F)(F)F)N(C)NC2)n1. The van der Waals surface area contributed by atoms with Crippen molar-refractivity contribution in [1.29, 1.82) is 0 Å². The number of allylic oxidation sites excluding steroid dienone is 1. The molecule has 4 rings (SSSR count). The van der Waals surface area contributed by atoms with Gasteiger partial charge in [-0.3, -0.25) is 0 Å². The topological polar surface area (TPSA) is 85.1 Å². The van der Waals surface area contributed by atoms with Crippen molar-refractivity contribution in [2.75, 3.05) is 19.3 Å². The van der Waals surface area contributed by atoms with E-state index in [9.17, 15) is 13.2 Å². The van der Waals surface area contributed by atoms with Crippen molar-refractivity contribution >= 4 is 33.8 Å². The third-order valence-electron chi connectivity index (χ3n) is 5.05. The number of alkyl halides is 3. The van der Waals surface area contributed by atoms with Crippen LogP contribution in [-0.2, 0) is 13.0 Å². The Balaban J connectivity index is 1.73. The highest BCUT2D eigenvalue weighted by Gasteiger charge is 2.43. The first kappa shape index (κ1) is 20.5. The minimum absolute atomic E-state index is 0.0462. The third-order valence-corrected chi connectivity index (χ3v) is 5.47. The molecule has 2 aromatic heterocycles. The van der Waals surface area contributed by atoms with Crippen molar-refractivity contribution < 1.29 is 17.7 Å². The van der Waals surface area contributed by atoms with Gasteiger partial charge in [0.05, 0.1) is 28.3 Å². The number of benzene rings is 1. The molecule has 0 unspecified atom stereocenters. The standard InChI is InChI=1S/C19H20ClF3N6O/c1-3-4-10-7-11-14(6-5-13(24)16(11)20)29(10)9-15-26-18(30-27-15)12-8-25-28(2)17(12)19(21,22)23/h5-7,25H,3-4,8-9,24H2,1-2H3. The molecule has 1 aromatic carbocycles. The molecule has 0 spiro atoms. The van der Waals surface area contributed by atoms with Crippen molar-refractivity contribution in [2.24, 2.45) is 0 Å². The van der Waals surface area contributed by atoms with Gasteiger partial charge in [-0.25, -0.2) is 5.43 Å². The molecule has 1 aliphatic rings. The summed E-state index contributed by atoms with van der Waals surface area (Å²) in [5, 5.41) is 6.12. The lowest BCUT2D eigenvalue weighted by Crippen LogP contribution is -2.33. The highest BCUT2D eigenvalue weighted by Crippen LogP contribution is 2.36. The Morgan fingerprint density at radius 3 is 2.80 bits per heavy atom. The summed E-state index contributed by atoms with van der Waals surface area (Å²) in [6, 6.07) is 5.55.